The van der Waals surface area contributed by atoms with Gasteiger partial charge in [0, 0.05) is 11.8 Å². The molecule has 0 spiro atoms. The van der Waals surface area contributed by atoms with Crippen molar-refractivity contribution in [1.29, 1.82) is 0 Å². The topological polar surface area (TPSA) is 94.1 Å². The second kappa shape index (κ2) is 6.49. The second-order valence-corrected chi connectivity index (χ2v) is 5.16. The Kier molecular flexibility index (Phi) is 4.24. The van der Waals surface area contributed by atoms with E-state index in [1.54, 1.807) is 18.2 Å². The molecule has 1 heterocycles. The predicted octanol–water partition coefficient (Wildman–Crippen LogP) is 2.30. The highest BCUT2D eigenvalue weighted by Gasteiger charge is 2.20. The highest BCUT2D eigenvalue weighted by atomic mass is 16.7. The van der Waals surface area contributed by atoms with E-state index in [0.29, 0.717) is 17.2 Å². The molecule has 0 unspecified atom stereocenters. The Morgan fingerprint density at radius 2 is 1.96 bits per heavy atom. The van der Waals surface area contributed by atoms with Crippen molar-refractivity contribution >= 4 is 17.6 Å². The van der Waals surface area contributed by atoms with Gasteiger partial charge in [-0.2, -0.15) is 0 Å². The van der Waals surface area contributed by atoms with Gasteiger partial charge in [0.1, 0.15) is 5.75 Å². The molecule has 7 heteroatoms. The van der Waals surface area contributed by atoms with Crippen molar-refractivity contribution in [3.8, 4) is 17.2 Å². The SMILES string of the molecule is C[C@@H](OC(=O)c1cccc(O)c1)C(=O)Nc1ccc2c(c1)OCO2. The summed E-state index contributed by atoms with van der Waals surface area (Å²) in [5.41, 5.74) is 0.669. The van der Waals surface area contributed by atoms with Crippen LogP contribution in [0.15, 0.2) is 42.5 Å². The summed E-state index contributed by atoms with van der Waals surface area (Å²) in [5.74, 6) is -0.0860. The average molecular weight is 329 g/mol. The number of carbonyl (C=O) groups excluding carboxylic acids is 2. The van der Waals surface area contributed by atoms with E-state index in [1.165, 1.54) is 31.2 Å². The van der Waals surface area contributed by atoms with Crippen LogP contribution in [-0.2, 0) is 9.53 Å². The summed E-state index contributed by atoms with van der Waals surface area (Å²) < 4.78 is 15.5. The van der Waals surface area contributed by atoms with Crippen LogP contribution in [0, 0.1) is 0 Å². The minimum Gasteiger partial charge on any atom is -0.508 e. The van der Waals surface area contributed by atoms with Gasteiger partial charge in [-0.15, -0.1) is 0 Å². The third kappa shape index (κ3) is 3.40. The van der Waals surface area contributed by atoms with Crippen LogP contribution in [-0.4, -0.2) is 29.9 Å². The summed E-state index contributed by atoms with van der Waals surface area (Å²) in [4.78, 5) is 24.1. The van der Waals surface area contributed by atoms with Crippen molar-refractivity contribution in [3.63, 3.8) is 0 Å². The smallest absolute Gasteiger partial charge is 0.339 e. The zero-order valence-electron chi connectivity index (χ0n) is 12.8. The van der Waals surface area contributed by atoms with Gasteiger partial charge in [-0.3, -0.25) is 4.79 Å². The summed E-state index contributed by atoms with van der Waals surface area (Å²) in [7, 11) is 0. The molecular formula is C17H15NO6. The molecule has 3 rings (SSSR count). The third-order valence-corrected chi connectivity index (χ3v) is 3.38. The van der Waals surface area contributed by atoms with E-state index in [0.717, 1.165) is 0 Å². The number of phenolic OH excluding ortho intramolecular Hbond substituents is 1. The lowest BCUT2D eigenvalue weighted by Gasteiger charge is -2.14. The van der Waals surface area contributed by atoms with E-state index in [4.69, 9.17) is 14.2 Å². The molecule has 0 aliphatic carbocycles. The molecule has 0 radical (unpaired) electrons. The number of anilines is 1. The summed E-state index contributed by atoms with van der Waals surface area (Å²) in [5, 5.41) is 12.0. The number of carbonyl (C=O) groups is 2. The number of rotatable bonds is 4. The molecule has 1 amide bonds. The van der Waals surface area contributed by atoms with Gasteiger partial charge in [-0.25, -0.2) is 4.79 Å². The maximum absolute atomic E-state index is 12.1. The first kappa shape index (κ1) is 15.7. The molecule has 1 aliphatic rings. The van der Waals surface area contributed by atoms with E-state index in [2.05, 4.69) is 5.32 Å². The van der Waals surface area contributed by atoms with Crippen LogP contribution < -0.4 is 14.8 Å². The van der Waals surface area contributed by atoms with Crippen molar-refractivity contribution < 1.29 is 28.9 Å². The van der Waals surface area contributed by atoms with Gasteiger partial charge < -0.3 is 24.6 Å². The number of fused-ring (bicyclic) bond motifs is 1. The summed E-state index contributed by atoms with van der Waals surface area (Å²) in [6.07, 6.45) is -1.01. The molecule has 2 N–H and O–H groups in total. The quantitative estimate of drug-likeness (QED) is 0.836. The highest BCUT2D eigenvalue weighted by Crippen LogP contribution is 2.34. The van der Waals surface area contributed by atoms with Crippen molar-refractivity contribution in [1.82, 2.24) is 0 Å². The molecule has 124 valence electrons. The monoisotopic (exact) mass is 329 g/mol. The van der Waals surface area contributed by atoms with Gasteiger partial charge in [0.25, 0.3) is 5.91 Å². The number of esters is 1. The first-order valence-corrected chi connectivity index (χ1v) is 7.23. The van der Waals surface area contributed by atoms with Crippen molar-refractivity contribution in [2.75, 3.05) is 12.1 Å². The lowest BCUT2D eigenvalue weighted by Crippen LogP contribution is -2.29. The van der Waals surface area contributed by atoms with E-state index in [9.17, 15) is 14.7 Å². The number of amides is 1. The summed E-state index contributed by atoms with van der Waals surface area (Å²) in [6, 6.07) is 10.7. The minimum atomic E-state index is -1.01. The molecule has 0 saturated carbocycles. The largest absolute Gasteiger partial charge is 0.508 e. The fourth-order valence-electron chi connectivity index (χ4n) is 2.13. The molecule has 2 aromatic carbocycles. The van der Waals surface area contributed by atoms with Gasteiger partial charge in [-0.1, -0.05) is 6.07 Å². The first-order chi connectivity index (χ1) is 11.5. The predicted molar refractivity (Wildman–Crippen MR) is 84.2 cm³/mol. The fourth-order valence-corrected chi connectivity index (χ4v) is 2.13. The number of ether oxygens (including phenoxy) is 3. The van der Waals surface area contributed by atoms with Crippen molar-refractivity contribution in [3.05, 3.63) is 48.0 Å². The molecule has 0 aromatic heterocycles. The average Bonchev–Trinajstić information content (AvgIpc) is 3.02. The Morgan fingerprint density at radius 3 is 2.75 bits per heavy atom. The Labute approximate surface area is 137 Å². The number of nitrogens with one attached hydrogen (secondary N) is 1. The Morgan fingerprint density at radius 1 is 1.17 bits per heavy atom. The van der Waals surface area contributed by atoms with E-state index >= 15 is 0 Å². The Balaban J connectivity index is 1.61. The maximum Gasteiger partial charge on any atom is 0.339 e. The van der Waals surface area contributed by atoms with Gasteiger partial charge in [0.2, 0.25) is 6.79 Å². The third-order valence-electron chi connectivity index (χ3n) is 3.38. The molecule has 0 bridgehead atoms. The molecule has 2 aromatic rings. The van der Waals surface area contributed by atoms with Gasteiger partial charge in [0.05, 0.1) is 5.56 Å². The van der Waals surface area contributed by atoms with Crippen LogP contribution in [0.2, 0.25) is 0 Å². The molecule has 0 saturated heterocycles. The molecule has 1 aliphatic heterocycles. The molecule has 1 atom stereocenters. The van der Waals surface area contributed by atoms with E-state index in [-0.39, 0.29) is 18.1 Å². The summed E-state index contributed by atoms with van der Waals surface area (Å²) >= 11 is 0. The molecular weight excluding hydrogens is 314 g/mol. The summed E-state index contributed by atoms with van der Waals surface area (Å²) in [6.45, 7) is 1.60. The van der Waals surface area contributed by atoms with E-state index < -0.39 is 18.0 Å². The molecule has 24 heavy (non-hydrogen) atoms. The fraction of sp³-hybridized carbons (Fsp3) is 0.176. The maximum atomic E-state index is 12.1. The number of phenols is 1. The molecule has 7 nitrogen and oxygen atoms in total. The Hall–Kier alpha value is -3.22. The van der Waals surface area contributed by atoms with Crippen LogP contribution in [0.3, 0.4) is 0 Å². The zero-order valence-corrected chi connectivity index (χ0v) is 12.8. The second-order valence-electron chi connectivity index (χ2n) is 5.16. The number of benzene rings is 2. The number of hydrogen-bond donors (Lipinski definition) is 2. The van der Waals surface area contributed by atoms with Crippen LogP contribution in [0.1, 0.15) is 17.3 Å². The van der Waals surface area contributed by atoms with Gasteiger partial charge >= 0.3 is 5.97 Å². The standard InChI is InChI=1S/C17H15NO6/c1-10(24-17(21)11-3-2-4-13(19)7-11)16(20)18-12-5-6-14-15(8-12)23-9-22-14/h2-8,10,19H,9H2,1H3,(H,18,20)/t10-/m1/s1. The van der Waals surface area contributed by atoms with Crippen LogP contribution in [0.5, 0.6) is 17.2 Å². The lowest BCUT2D eigenvalue weighted by molar-refractivity contribution is -0.123. The Bertz CT molecular complexity index is 788. The normalized spacial score (nSPS) is 13.2. The molecule has 0 fully saturated rings. The van der Waals surface area contributed by atoms with Crippen LogP contribution in [0.25, 0.3) is 0 Å². The van der Waals surface area contributed by atoms with Crippen molar-refractivity contribution in [2.24, 2.45) is 0 Å². The van der Waals surface area contributed by atoms with Gasteiger partial charge in [0.15, 0.2) is 17.6 Å². The zero-order chi connectivity index (χ0) is 17.1. The van der Waals surface area contributed by atoms with Crippen LogP contribution in [0.4, 0.5) is 5.69 Å². The van der Waals surface area contributed by atoms with Gasteiger partial charge in [-0.05, 0) is 37.3 Å². The number of hydrogen-bond acceptors (Lipinski definition) is 6. The van der Waals surface area contributed by atoms with Crippen LogP contribution >= 0.6 is 0 Å². The number of aromatic hydroxyl groups is 1. The first-order valence-electron chi connectivity index (χ1n) is 7.23. The highest BCUT2D eigenvalue weighted by molar-refractivity contribution is 5.97. The van der Waals surface area contributed by atoms with Crippen molar-refractivity contribution in [2.45, 2.75) is 13.0 Å². The van der Waals surface area contributed by atoms with E-state index in [1.807, 2.05) is 0 Å². The minimum absolute atomic E-state index is 0.0538. The lowest BCUT2D eigenvalue weighted by atomic mass is 10.2.